The summed E-state index contributed by atoms with van der Waals surface area (Å²) in [6.45, 7) is 3.06. The zero-order chi connectivity index (χ0) is 14.4. The molecule has 0 aliphatic heterocycles. The number of thioether (sulfide) groups is 1. The van der Waals surface area contributed by atoms with Crippen LogP contribution in [0.1, 0.15) is 22.8 Å². The zero-order valence-electron chi connectivity index (χ0n) is 10.8. The van der Waals surface area contributed by atoms with E-state index in [0.717, 1.165) is 0 Å². The number of carboxylic acid groups (broad SMARTS) is 1. The molecule has 0 bridgehead atoms. The third-order valence-corrected chi connectivity index (χ3v) is 3.66. The average molecular weight is 284 g/mol. The van der Waals surface area contributed by atoms with Crippen LogP contribution < -0.4 is 5.32 Å². The molecule has 1 aromatic rings. The number of rotatable bonds is 7. The number of benzene rings is 1. The number of nitrogens with one attached hydrogen (secondary N) is 1. The summed E-state index contributed by atoms with van der Waals surface area (Å²) in [4.78, 5) is 21.3. The molecular weight excluding hydrogens is 268 g/mol. The van der Waals surface area contributed by atoms with E-state index in [1.165, 1.54) is 12.1 Å². The van der Waals surface area contributed by atoms with Crippen molar-refractivity contribution in [3.8, 4) is 0 Å². The molecule has 0 spiro atoms. The van der Waals surface area contributed by atoms with E-state index in [2.05, 4.69) is 5.32 Å². The summed E-state index contributed by atoms with van der Waals surface area (Å²) >= 11 is 1.69. The van der Waals surface area contributed by atoms with Crippen LogP contribution in [0.25, 0.3) is 0 Å². The second kappa shape index (κ2) is 7.10. The van der Waals surface area contributed by atoms with E-state index in [0.29, 0.717) is 23.9 Å². The van der Waals surface area contributed by atoms with Crippen molar-refractivity contribution in [2.45, 2.75) is 18.7 Å². The Kier molecular flexibility index (Phi) is 5.78. The molecule has 0 radical (unpaired) electrons. The van der Waals surface area contributed by atoms with Crippen LogP contribution >= 0.6 is 11.8 Å². The van der Waals surface area contributed by atoms with E-state index < -0.39 is 10.9 Å². The Morgan fingerprint density at radius 1 is 1.58 bits per heavy atom. The van der Waals surface area contributed by atoms with E-state index in [9.17, 15) is 14.9 Å². The van der Waals surface area contributed by atoms with Crippen LogP contribution in [0.15, 0.2) is 18.2 Å². The standard InChI is InChI=1S/C12H16N2O4S/c1-8(19-2)6-13-7-9-4-3-5-10(14(17)18)11(9)12(15)16/h3-5,8,13H,6-7H2,1-2H3,(H,15,16). The summed E-state index contributed by atoms with van der Waals surface area (Å²) in [5.41, 5.74) is -0.184. The van der Waals surface area contributed by atoms with Gasteiger partial charge in [0.25, 0.3) is 5.69 Å². The van der Waals surface area contributed by atoms with Crippen LogP contribution in [0.3, 0.4) is 0 Å². The number of hydrogen-bond donors (Lipinski definition) is 2. The van der Waals surface area contributed by atoms with Crippen LogP contribution in [0.4, 0.5) is 5.69 Å². The summed E-state index contributed by atoms with van der Waals surface area (Å²) in [6, 6.07) is 4.30. The molecule has 1 rings (SSSR count). The van der Waals surface area contributed by atoms with Gasteiger partial charge in [0.2, 0.25) is 0 Å². The molecule has 0 aliphatic carbocycles. The fourth-order valence-electron chi connectivity index (χ4n) is 1.63. The normalized spacial score (nSPS) is 12.1. The van der Waals surface area contributed by atoms with Crippen molar-refractivity contribution in [1.82, 2.24) is 5.32 Å². The van der Waals surface area contributed by atoms with Gasteiger partial charge in [-0.2, -0.15) is 11.8 Å². The Morgan fingerprint density at radius 2 is 2.26 bits per heavy atom. The van der Waals surface area contributed by atoms with Gasteiger partial charge >= 0.3 is 5.97 Å². The van der Waals surface area contributed by atoms with Gasteiger partial charge in [0, 0.05) is 24.4 Å². The van der Waals surface area contributed by atoms with Crippen molar-refractivity contribution >= 4 is 23.4 Å². The van der Waals surface area contributed by atoms with Gasteiger partial charge in [0.05, 0.1) is 4.92 Å². The molecule has 2 N–H and O–H groups in total. The number of nitrogens with zero attached hydrogens (tertiary/aromatic N) is 1. The van der Waals surface area contributed by atoms with Gasteiger partial charge in [-0.25, -0.2) is 4.79 Å². The first kappa shape index (κ1) is 15.5. The fourth-order valence-corrected chi connectivity index (χ4v) is 1.91. The molecule has 104 valence electrons. The van der Waals surface area contributed by atoms with Gasteiger partial charge in [-0.1, -0.05) is 19.1 Å². The molecule has 19 heavy (non-hydrogen) atoms. The molecule has 1 unspecified atom stereocenters. The maximum Gasteiger partial charge on any atom is 0.343 e. The lowest BCUT2D eigenvalue weighted by Gasteiger charge is -2.11. The van der Waals surface area contributed by atoms with Crippen molar-refractivity contribution in [1.29, 1.82) is 0 Å². The highest BCUT2D eigenvalue weighted by Gasteiger charge is 2.22. The average Bonchev–Trinajstić information content (AvgIpc) is 2.37. The Labute approximate surface area is 115 Å². The van der Waals surface area contributed by atoms with Crippen molar-refractivity contribution in [2.75, 3.05) is 12.8 Å². The minimum absolute atomic E-state index is 0.239. The second-order valence-electron chi connectivity index (χ2n) is 4.05. The number of nitro groups is 1. The maximum atomic E-state index is 11.2. The van der Waals surface area contributed by atoms with Crippen LogP contribution in [0.5, 0.6) is 0 Å². The molecule has 0 aliphatic rings. The van der Waals surface area contributed by atoms with Gasteiger partial charge in [-0.15, -0.1) is 0 Å². The Hall–Kier alpha value is -1.60. The SMILES string of the molecule is CSC(C)CNCc1cccc([N+](=O)[O-])c1C(=O)O. The topological polar surface area (TPSA) is 92.5 Å². The molecule has 0 aromatic heterocycles. The van der Waals surface area contributed by atoms with Crippen molar-refractivity contribution < 1.29 is 14.8 Å². The number of carboxylic acids is 1. The first-order valence-corrected chi connectivity index (χ1v) is 6.99. The summed E-state index contributed by atoms with van der Waals surface area (Å²) in [5, 5.41) is 23.4. The van der Waals surface area contributed by atoms with Crippen LogP contribution in [0, 0.1) is 10.1 Å². The fraction of sp³-hybridized carbons (Fsp3) is 0.417. The lowest BCUT2D eigenvalue weighted by molar-refractivity contribution is -0.385. The largest absolute Gasteiger partial charge is 0.477 e. The van der Waals surface area contributed by atoms with E-state index in [-0.39, 0.29) is 11.3 Å². The van der Waals surface area contributed by atoms with Crippen LogP contribution in [0.2, 0.25) is 0 Å². The predicted molar refractivity (Wildman–Crippen MR) is 74.7 cm³/mol. The second-order valence-corrected chi connectivity index (χ2v) is 5.33. The molecule has 7 heteroatoms. The number of hydrogen-bond acceptors (Lipinski definition) is 5. The molecule has 1 aromatic carbocycles. The number of carbonyl (C=O) groups is 1. The molecule has 0 saturated heterocycles. The highest BCUT2D eigenvalue weighted by molar-refractivity contribution is 7.99. The quantitative estimate of drug-likeness (QED) is 0.588. The van der Waals surface area contributed by atoms with Gasteiger partial charge in [-0.3, -0.25) is 10.1 Å². The minimum Gasteiger partial charge on any atom is -0.477 e. The Balaban J connectivity index is 2.91. The highest BCUT2D eigenvalue weighted by Crippen LogP contribution is 2.22. The lowest BCUT2D eigenvalue weighted by Crippen LogP contribution is -2.23. The molecule has 0 fully saturated rings. The smallest absolute Gasteiger partial charge is 0.343 e. The molecule has 1 atom stereocenters. The zero-order valence-corrected chi connectivity index (χ0v) is 11.6. The van der Waals surface area contributed by atoms with Gasteiger partial charge in [0.1, 0.15) is 5.56 Å². The monoisotopic (exact) mass is 284 g/mol. The summed E-state index contributed by atoms with van der Waals surface area (Å²) in [5.74, 6) is -1.28. The van der Waals surface area contributed by atoms with E-state index in [1.807, 2.05) is 13.2 Å². The van der Waals surface area contributed by atoms with E-state index in [4.69, 9.17) is 5.11 Å². The van der Waals surface area contributed by atoms with Crippen molar-refractivity contribution in [3.63, 3.8) is 0 Å². The summed E-state index contributed by atoms with van der Waals surface area (Å²) in [7, 11) is 0. The van der Waals surface area contributed by atoms with Gasteiger partial charge in [-0.05, 0) is 11.8 Å². The Bertz CT molecular complexity index is 479. The first-order chi connectivity index (χ1) is 8.97. The number of aromatic carboxylic acids is 1. The highest BCUT2D eigenvalue weighted by atomic mass is 32.2. The molecule has 0 amide bonds. The Morgan fingerprint density at radius 3 is 2.79 bits per heavy atom. The maximum absolute atomic E-state index is 11.2. The van der Waals surface area contributed by atoms with E-state index >= 15 is 0 Å². The minimum atomic E-state index is -1.28. The lowest BCUT2D eigenvalue weighted by atomic mass is 10.1. The predicted octanol–water partition coefficient (Wildman–Crippen LogP) is 2.13. The molecule has 0 saturated carbocycles. The van der Waals surface area contributed by atoms with Crippen molar-refractivity contribution in [3.05, 3.63) is 39.4 Å². The molecular formula is C12H16N2O4S. The summed E-state index contributed by atoms with van der Waals surface area (Å²) in [6.07, 6.45) is 1.99. The third kappa shape index (κ3) is 4.22. The first-order valence-electron chi connectivity index (χ1n) is 5.70. The van der Waals surface area contributed by atoms with Gasteiger partial charge < -0.3 is 10.4 Å². The van der Waals surface area contributed by atoms with Gasteiger partial charge in [0.15, 0.2) is 0 Å². The molecule has 0 heterocycles. The summed E-state index contributed by atoms with van der Waals surface area (Å²) < 4.78 is 0. The van der Waals surface area contributed by atoms with E-state index in [1.54, 1.807) is 17.8 Å². The van der Waals surface area contributed by atoms with Crippen LogP contribution in [-0.4, -0.2) is 34.0 Å². The van der Waals surface area contributed by atoms with Crippen LogP contribution in [-0.2, 0) is 6.54 Å². The number of nitro benzene ring substituents is 1. The van der Waals surface area contributed by atoms with Crippen molar-refractivity contribution in [2.24, 2.45) is 0 Å². The third-order valence-electron chi connectivity index (χ3n) is 2.69. The molecule has 6 nitrogen and oxygen atoms in total.